The van der Waals surface area contributed by atoms with Gasteiger partial charge < -0.3 is 0 Å². The number of carbonyl (C=O) groups is 1. The van der Waals surface area contributed by atoms with Gasteiger partial charge in [-0.2, -0.15) is 0 Å². The van der Waals surface area contributed by atoms with Crippen LogP contribution in [-0.2, 0) is 6.42 Å². The molecule has 0 N–H and O–H groups in total. The fourth-order valence-corrected chi connectivity index (χ4v) is 2.49. The predicted molar refractivity (Wildman–Crippen MR) is 66.7 cm³/mol. The van der Waals surface area contributed by atoms with Gasteiger partial charge >= 0.3 is 0 Å². The van der Waals surface area contributed by atoms with E-state index < -0.39 is 0 Å². The van der Waals surface area contributed by atoms with Crippen LogP contribution in [0.15, 0.2) is 12.1 Å². The Morgan fingerprint density at radius 3 is 2.67 bits per heavy atom. The molecule has 1 heterocycles. The summed E-state index contributed by atoms with van der Waals surface area (Å²) in [4.78, 5) is 12.7. The third kappa shape index (κ3) is 5.12. The van der Waals surface area contributed by atoms with E-state index in [9.17, 15) is 4.79 Å². The van der Waals surface area contributed by atoms with Crippen LogP contribution in [-0.4, -0.2) is 6.29 Å². The van der Waals surface area contributed by atoms with Gasteiger partial charge in [-0.25, -0.2) is 0 Å². The van der Waals surface area contributed by atoms with Crippen molar-refractivity contribution in [3.8, 4) is 0 Å². The zero-order valence-electron chi connectivity index (χ0n) is 9.66. The average Bonchev–Trinajstić information content (AvgIpc) is 2.65. The van der Waals surface area contributed by atoms with Gasteiger partial charge in [-0.3, -0.25) is 4.79 Å². The Balaban J connectivity index is 2.12. The van der Waals surface area contributed by atoms with Crippen molar-refractivity contribution in [3.63, 3.8) is 0 Å². The van der Waals surface area contributed by atoms with Gasteiger partial charge in [-0.05, 0) is 30.9 Å². The minimum Gasteiger partial charge on any atom is -0.297 e. The minimum atomic E-state index is 0.827. The van der Waals surface area contributed by atoms with Gasteiger partial charge in [0.25, 0.3) is 0 Å². The Hall–Kier alpha value is -0.630. The van der Waals surface area contributed by atoms with Gasteiger partial charge in [0.1, 0.15) is 0 Å². The van der Waals surface area contributed by atoms with Crippen molar-refractivity contribution in [2.75, 3.05) is 0 Å². The van der Waals surface area contributed by atoms with Crippen LogP contribution in [0.4, 0.5) is 0 Å². The summed E-state index contributed by atoms with van der Waals surface area (Å²) in [5.74, 6) is 0.827. The zero-order valence-corrected chi connectivity index (χ0v) is 10.5. The highest BCUT2D eigenvalue weighted by atomic mass is 32.1. The van der Waals surface area contributed by atoms with Crippen molar-refractivity contribution in [1.29, 1.82) is 0 Å². The SMILES string of the molecule is CC(C)CCCCCc1ccc(C=O)s1. The monoisotopic (exact) mass is 224 g/mol. The zero-order chi connectivity index (χ0) is 11.1. The molecule has 0 spiro atoms. The molecule has 0 radical (unpaired) electrons. The molecule has 0 aliphatic rings. The quantitative estimate of drug-likeness (QED) is 0.498. The maximum absolute atomic E-state index is 10.5. The first-order valence-corrected chi connectivity index (χ1v) is 6.58. The molecule has 1 nitrogen and oxygen atoms in total. The first kappa shape index (κ1) is 12.4. The van der Waals surface area contributed by atoms with Crippen LogP contribution >= 0.6 is 11.3 Å². The summed E-state index contributed by atoms with van der Waals surface area (Å²) < 4.78 is 0. The number of rotatable bonds is 7. The molecule has 0 saturated carbocycles. The van der Waals surface area contributed by atoms with E-state index in [-0.39, 0.29) is 0 Å². The van der Waals surface area contributed by atoms with Crippen LogP contribution in [0.5, 0.6) is 0 Å². The van der Waals surface area contributed by atoms with Crippen molar-refractivity contribution < 1.29 is 4.79 Å². The van der Waals surface area contributed by atoms with Gasteiger partial charge in [0.2, 0.25) is 0 Å². The highest BCUT2D eigenvalue weighted by molar-refractivity contribution is 7.13. The standard InChI is InChI=1S/C13H20OS/c1-11(2)6-4-3-5-7-12-8-9-13(10-14)15-12/h8-11H,3-7H2,1-2H3. The Bertz CT molecular complexity index is 288. The molecule has 0 aromatic carbocycles. The van der Waals surface area contributed by atoms with Crippen molar-refractivity contribution in [2.45, 2.75) is 46.0 Å². The second kappa shape index (κ2) is 6.78. The molecule has 84 valence electrons. The number of hydrogen-bond acceptors (Lipinski definition) is 2. The topological polar surface area (TPSA) is 17.1 Å². The van der Waals surface area contributed by atoms with E-state index >= 15 is 0 Å². The molecule has 15 heavy (non-hydrogen) atoms. The molecule has 0 saturated heterocycles. The van der Waals surface area contributed by atoms with Gasteiger partial charge in [-0.15, -0.1) is 11.3 Å². The summed E-state index contributed by atoms with van der Waals surface area (Å²) in [6.45, 7) is 4.55. The van der Waals surface area contributed by atoms with Crippen LogP contribution in [0.2, 0.25) is 0 Å². The molecular weight excluding hydrogens is 204 g/mol. The average molecular weight is 224 g/mol. The Morgan fingerprint density at radius 2 is 2.07 bits per heavy atom. The van der Waals surface area contributed by atoms with Crippen molar-refractivity contribution in [1.82, 2.24) is 0 Å². The highest BCUT2D eigenvalue weighted by Gasteiger charge is 1.99. The van der Waals surface area contributed by atoms with E-state index in [0.29, 0.717) is 0 Å². The summed E-state index contributed by atoms with van der Waals surface area (Å²) in [5.41, 5.74) is 0. The smallest absolute Gasteiger partial charge is 0.160 e. The molecule has 0 aliphatic heterocycles. The van der Waals surface area contributed by atoms with E-state index in [0.717, 1.165) is 23.5 Å². The molecular formula is C13H20OS. The summed E-state index contributed by atoms with van der Waals surface area (Å²) in [6, 6.07) is 4.00. The number of aryl methyl sites for hydroxylation is 1. The Kier molecular flexibility index (Phi) is 5.62. The lowest BCUT2D eigenvalue weighted by atomic mass is 10.0. The van der Waals surface area contributed by atoms with Gasteiger partial charge in [0, 0.05) is 4.88 Å². The maximum atomic E-state index is 10.5. The van der Waals surface area contributed by atoms with Gasteiger partial charge in [0.05, 0.1) is 4.88 Å². The molecule has 2 heteroatoms. The molecule has 0 atom stereocenters. The number of hydrogen-bond donors (Lipinski definition) is 0. The lowest BCUT2D eigenvalue weighted by Gasteiger charge is -2.03. The van der Waals surface area contributed by atoms with Gasteiger partial charge in [-0.1, -0.05) is 33.1 Å². The van der Waals surface area contributed by atoms with Crippen LogP contribution in [0.1, 0.15) is 54.1 Å². The predicted octanol–water partition coefficient (Wildman–Crippen LogP) is 4.32. The van der Waals surface area contributed by atoms with Gasteiger partial charge in [0.15, 0.2) is 6.29 Å². The Morgan fingerprint density at radius 1 is 1.27 bits per heavy atom. The van der Waals surface area contributed by atoms with Crippen molar-refractivity contribution in [2.24, 2.45) is 5.92 Å². The summed E-state index contributed by atoms with van der Waals surface area (Å²) >= 11 is 1.63. The van der Waals surface area contributed by atoms with Crippen LogP contribution in [0.25, 0.3) is 0 Å². The summed E-state index contributed by atoms with van der Waals surface area (Å²) in [5, 5.41) is 0. The van der Waals surface area contributed by atoms with E-state index in [4.69, 9.17) is 0 Å². The van der Waals surface area contributed by atoms with Crippen molar-refractivity contribution in [3.05, 3.63) is 21.9 Å². The molecule has 0 bridgehead atoms. The molecule has 0 aliphatic carbocycles. The summed E-state index contributed by atoms with van der Waals surface area (Å²) in [6.07, 6.45) is 7.31. The van der Waals surface area contributed by atoms with E-state index in [1.807, 2.05) is 6.07 Å². The largest absolute Gasteiger partial charge is 0.297 e. The number of carbonyl (C=O) groups excluding carboxylic acids is 1. The highest BCUT2D eigenvalue weighted by Crippen LogP contribution is 2.18. The Labute approximate surface area is 96.5 Å². The molecule has 0 amide bonds. The number of unbranched alkanes of at least 4 members (excludes halogenated alkanes) is 2. The maximum Gasteiger partial charge on any atom is 0.160 e. The van der Waals surface area contributed by atoms with E-state index in [1.165, 1.54) is 30.6 Å². The fourth-order valence-electron chi connectivity index (χ4n) is 1.62. The molecule has 1 aromatic heterocycles. The molecule has 1 rings (SSSR count). The minimum absolute atomic E-state index is 0.827. The second-order valence-corrected chi connectivity index (χ2v) is 5.62. The first-order chi connectivity index (χ1) is 7.22. The van der Waals surface area contributed by atoms with Crippen LogP contribution in [0, 0.1) is 5.92 Å². The number of thiophene rings is 1. The van der Waals surface area contributed by atoms with E-state index in [2.05, 4.69) is 19.9 Å². The number of aldehydes is 1. The lowest BCUT2D eigenvalue weighted by Crippen LogP contribution is -1.88. The second-order valence-electron chi connectivity index (χ2n) is 4.42. The first-order valence-electron chi connectivity index (χ1n) is 5.76. The fraction of sp³-hybridized carbons (Fsp3) is 0.615. The summed E-state index contributed by atoms with van der Waals surface area (Å²) in [7, 11) is 0. The molecule has 1 aromatic rings. The third-order valence-corrected chi connectivity index (χ3v) is 3.57. The molecule has 0 unspecified atom stereocenters. The van der Waals surface area contributed by atoms with E-state index in [1.54, 1.807) is 11.3 Å². The van der Waals surface area contributed by atoms with Crippen molar-refractivity contribution >= 4 is 17.6 Å². The normalized spacial score (nSPS) is 10.9. The lowest BCUT2D eigenvalue weighted by molar-refractivity contribution is 0.112. The third-order valence-electron chi connectivity index (χ3n) is 2.50. The van der Waals surface area contributed by atoms with Crippen LogP contribution < -0.4 is 0 Å². The molecule has 0 fully saturated rings. The van der Waals surface area contributed by atoms with Crippen LogP contribution in [0.3, 0.4) is 0 Å².